The molecule has 0 spiro atoms. The van der Waals surface area contributed by atoms with E-state index in [-0.39, 0.29) is 0 Å². The molecule has 0 aromatic rings. The molecule has 0 saturated heterocycles. The summed E-state index contributed by atoms with van der Waals surface area (Å²) < 4.78 is 0. The SMILES string of the molecule is C=NC1=C(C=NCCC)CC(C(C)C)C1. The average molecular weight is 206 g/mol. The second-order valence-electron chi connectivity index (χ2n) is 4.58. The summed E-state index contributed by atoms with van der Waals surface area (Å²) in [6, 6.07) is 0. The fourth-order valence-corrected chi connectivity index (χ4v) is 1.92. The van der Waals surface area contributed by atoms with Crippen molar-refractivity contribution in [3.63, 3.8) is 0 Å². The van der Waals surface area contributed by atoms with E-state index in [2.05, 4.69) is 37.5 Å². The van der Waals surface area contributed by atoms with Crippen LogP contribution in [0, 0.1) is 11.8 Å². The third kappa shape index (κ3) is 3.29. The molecule has 0 amide bonds. The average Bonchev–Trinajstić information content (AvgIpc) is 2.62. The second kappa shape index (κ2) is 5.84. The van der Waals surface area contributed by atoms with Gasteiger partial charge in [-0.3, -0.25) is 9.98 Å². The quantitative estimate of drug-likeness (QED) is 0.615. The van der Waals surface area contributed by atoms with Gasteiger partial charge in [-0.1, -0.05) is 20.8 Å². The van der Waals surface area contributed by atoms with E-state index >= 15 is 0 Å². The summed E-state index contributed by atoms with van der Waals surface area (Å²) in [5, 5.41) is 0. The molecule has 1 unspecified atom stereocenters. The molecule has 1 aliphatic carbocycles. The van der Waals surface area contributed by atoms with Gasteiger partial charge in [-0.15, -0.1) is 0 Å². The van der Waals surface area contributed by atoms with Gasteiger partial charge in [-0.05, 0) is 43.4 Å². The van der Waals surface area contributed by atoms with Crippen molar-refractivity contribution in [3.05, 3.63) is 11.3 Å². The van der Waals surface area contributed by atoms with Crippen LogP contribution >= 0.6 is 0 Å². The molecule has 15 heavy (non-hydrogen) atoms. The van der Waals surface area contributed by atoms with Gasteiger partial charge >= 0.3 is 0 Å². The zero-order valence-electron chi connectivity index (χ0n) is 10.2. The lowest BCUT2D eigenvalue weighted by Gasteiger charge is -2.13. The first-order chi connectivity index (χ1) is 7.19. The van der Waals surface area contributed by atoms with Gasteiger partial charge in [-0.25, -0.2) is 0 Å². The van der Waals surface area contributed by atoms with Crippen molar-refractivity contribution in [1.82, 2.24) is 0 Å². The molecule has 0 radical (unpaired) electrons. The van der Waals surface area contributed by atoms with E-state index in [1.165, 1.54) is 5.57 Å². The van der Waals surface area contributed by atoms with Crippen molar-refractivity contribution < 1.29 is 0 Å². The highest BCUT2D eigenvalue weighted by atomic mass is 14.7. The molecule has 0 N–H and O–H groups in total. The van der Waals surface area contributed by atoms with Gasteiger partial charge in [0.05, 0.1) is 0 Å². The van der Waals surface area contributed by atoms with E-state index in [1.807, 2.05) is 6.21 Å². The predicted octanol–water partition coefficient (Wildman–Crippen LogP) is 3.49. The topological polar surface area (TPSA) is 24.7 Å². The zero-order chi connectivity index (χ0) is 11.3. The van der Waals surface area contributed by atoms with E-state index in [4.69, 9.17) is 0 Å². The van der Waals surface area contributed by atoms with Crippen LogP contribution in [0.1, 0.15) is 40.0 Å². The fourth-order valence-electron chi connectivity index (χ4n) is 1.92. The van der Waals surface area contributed by atoms with Gasteiger partial charge in [0.2, 0.25) is 0 Å². The van der Waals surface area contributed by atoms with Gasteiger partial charge < -0.3 is 0 Å². The first-order valence-electron chi connectivity index (χ1n) is 5.87. The molecule has 0 aliphatic heterocycles. The monoisotopic (exact) mass is 206 g/mol. The number of hydrogen-bond donors (Lipinski definition) is 0. The maximum Gasteiger partial charge on any atom is 0.0446 e. The van der Waals surface area contributed by atoms with Crippen LogP contribution in [0.3, 0.4) is 0 Å². The van der Waals surface area contributed by atoms with E-state index in [0.29, 0.717) is 0 Å². The summed E-state index contributed by atoms with van der Waals surface area (Å²) in [7, 11) is 0. The Bertz CT molecular complexity index is 274. The molecule has 0 heterocycles. The number of nitrogens with zero attached hydrogens (tertiary/aromatic N) is 2. The fraction of sp³-hybridized carbons (Fsp3) is 0.692. The Balaban J connectivity index is 2.64. The van der Waals surface area contributed by atoms with Gasteiger partial charge in [0.15, 0.2) is 0 Å². The van der Waals surface area contributed by atoms with E-state index < -0.39 is 0 Å². The van der Waals surface area contributed by atoms with Crippen molar-refractivity contribution in [2.45, 2.75) is 40.0 Å². The van der Waals surface area contributed by atoms with Crippen molar-refractivity contribution in [3.8, 4) is 0 Å². The van der Waals surface area contributed by atoms with Crippen LogP contribution in [-0.4, -0.2) is 19.5 Å². The summed E-state index contributed by atoms with van der Waals surface area (Å²) in [4.78, 5) is 8.51. The van der Waals surface area contributed by atoms with Gasteiger partial charge in [0.1, 0.15) is 0 Å². The molecule has 1 aliphatic rings. The smallest absolute Gasteiger partial charge is 0.0446 e. The highest BCUT2D eigenvalue weighted by Crippen LogP contribution is 2.35. The van der Waals surface area contributed by atoms with Crippen LogP contribution in [0.15, 0.2) is 21.3 Å². The van der Waals surface area contributed by atoms with E-state index in [9.17, 15) is 0 Å². The van der Waals surface area contributed by atoms with Crippen molar-refractivity contribution in [2.75, 3.05) is 6.54 Å². The van der Waals surface area contributed by atoms with Gasteiger partial charge in [0.25, 0.3) is 0 Å². The van der Waals surface area contributed by atoms with Crippen LogP contribution in [0.25, 0.3) is 0 Å². The maximum atomic E-state index is 4.39. The third-order valence-corrected chi connectivity index (χ3v) is 3.04. The molecule has 0 bridgehead atoms. The van der Waals surface area contributed by atoms with Crippen LogP contribution in [0.5, 0.6) is 0 Å². The number of aliphatic imine (C=N–C) groups is 2. The predicted molar refractivity (Wildman–Crippen MR) is 67.8 cm³/mol. The molecular formula is C13H22N2. The summed E-state index contributed by atoms with van der Waals surface area (Å²) in [5.41, 5.74) is 2.46. The Morgan fingerprint density at radius 3 is 2.73 bits per heavy atom. The van der Waals surface area contributed by atoms with Gasteiger partial charge in [-0.2, -0.15) is 0 Å². The molecule has 0 aromatic carbocycles. The Kier molecular flexibility index (Phi) is 4.73. The standard InChI is InChI=1S/C13H22N2/c1-5-6-15-9-12-7-11(10(2)3)8-13(12)14-4/h9-11H,4-8H2,1-3H3. The second-order valence-corrected chi connectivity index (χ2v) is 4.58. The molecular weight excluding hydrogens is 184 g/mol. The van der Waals surface area contributed by atoms with Crippen LogP contribution < -0.4 is 0 Å². The van der Waals surface area contributed by atoms with Crippen molar-refractivity contribution in [2.24, 2.45) is 21.8 Å². The first-order valence-corrected chi connectivity index (χ1v) is 5.87. The van der Waals surface area contributed by atoms with Crippen LogP contribution in [0.4, 0.5) is 0 Å². The van der Waals surface area contributed by atoms with E-state index in [1.54, 1.807) is 0 Å². The summed E-state index contributed by atoms with van der Waals surface area (Å²) >= 11 is 0. The molecule has 84 valence electrons. The minimum Gasteiger partial charge on any atom is -0.293 e. The zero-order valence-corrected chi connectivity index (χ0v) is 10.2. The number of rotatable bonds is 5. The molecule has 2 heteroatoms. The third-order valence-electron chi connectivity index (χ3n) is 3.04. The lowest BCUT2D eigenvalue weighted by atomic mass is 9.93. The first kappa shape index (κ1) is 12.2. The Morgan fingerprint density at radius 2 is 2.20 bits per heavy atom. The molecule has 1 atom stereocenters. The summed E-state index contributed by atoms with van der Waals surface area (Å²) in [5.74, 6) is 1.45. The van der Waals surface area contributed by atoms with Crippen LogP contribution in [0.2, 0.25) is 0 Å². The summed E-state index contributed by atoms with van der Waals surface area (Å²) in [6.45, 7) is 11.3. The molecule has 0 fully saturated rings. The van der Waals surface area contributed by atoms with Gasteiger partial charge in [0, 0.05) is 18.5 Å². The van der Waals surface area contributed by atoms with E-state index in [0.717, 1.165) is 43.3 Å². The normalized spacial score (nSPS) is 22.0. The van der Waals surface area contributed by atoms with Crippen molar-refractivity contribution in [1.29, 1.82) is 0 Å². The molecule has 0 saturated carbocycles. The Labute approximate surface area is 93.2 Å². The number of hydrogen-bond acceptors (Lipinski definition) is 2. The Hall–Kier alpha value is -0.920. The minimum absolute atomic E-state index is 0.721. The highest BCUT2D eigenvalue weighted by Gasteiger charge is 2.24. The Morgan fingerprint density at radius 1 is 1.47 bits per heavy atom. The molecule has 0 aromatic heterocycles. The minimum atomic E-state index is 0.721. The van der Waals surface area contributed by atoms with Crippen LogP contribution in [-0.2, 0) is 0 Å². The molecule has 2 nitrogen and oxygen atoms in total. The number of allylic oxidation sites excluding steroid dienone is 2. The van der Waals surface area contributed by atoms with Crippen molar-refractivity contribution >= 4 is 12.9 Å². The lowest BCUT2D eigenvalue weighted by Crippen LogP contribution is -2.04. The summed E-state index contributed by atoms with van der Waals surface area (Å²) in [6.07, 6.45) is 5.32. The largest absolute Gasteiger partial charge is 0.293 e. The maximum absolute atomic E-state index is 4.39. The highest BCUT2D eigenvalue weighted by molar-refractivity contribution is 5.80. The lowest BCUT2D eigenvalue weighted by molar-refractivity contribution is 0.403. The molecule has 1 rings (SSSR count).